The average Bonchev–Trinajstić information content (AvgIpc) is 2.54. The van der Waals surface area contributed by atoms with Gasteiger partial charge in [0.2, 0.25) is 5.16 Å². The molecular formula is C7H13N5S. The van der Waals surface area contributed by atoms with Crippen LogP contribution in [0.3, 0.4) is 0 Å². The number of piperidine rings is 1. The Kier molecular flexibility index (Phi) is 2.80. The Morgan fingerprint density at radius 1 is 1.62 bits per heavy atom. The summed E-state index contributed by atoms with van der Waals surface area (Å²) in [5, 5.41) is 16.3. The fraction of sp³-hybridized carbons (Fsp3) is 0.857. The van der Waals surface area contributed by atoms with Crippen LogP contribution in [0.4, 0.5) is 0 Å². The summed E-state index contributed by atoms with van der Waals surface area (Å²) in [4.78, 5) is 0. The second-order valence-electron chi connectivity index (χ2n) is 3.17. The van der Waals surface area contributed by atoms with Crippen molar-refractivity contribution in [3.63, 3.8) is 0 Å². The van der Waals surface area contributed by atoms with Gasteiger partial charge in [-0.25, -0.2) is 4.68 Å². The van der Waals surface area contributed by atoms with Crippen LogP contribution in [-0.2, 0) is 7.05 Å². The summed E-state index contributed by atoms with van der Waals surface area (Å²) in [5.74, 6) is 0. The molecule has 13 heavy (non-hydrogen) atoms. The minimum Gasteiger partial charge on any atom is -0.316 e. The van der Waals surface area contributed by atoms with Crippen LogP contribution < -0.4 is 5.32 Å². The van der Waals surface area contributed by atoms with E-state index in [9.17, 15) is 0 Å². The molecule has 1 aliphatic rings. The standard InChI is InChI=1S/C7H13N5S/c1-12-7(9-10-11-12)13-6-3-2-4-8-5-6/h6,8H,2-5H2,1H3. The van der Waals surface area contributed by atoms with E-state index in [-0.39, 0.29) is 0 Å². The maximum absolute atomic E-state index is 3.95. The van der Waals surface area contributed by atoms with Crippen molar-refractivity contribution in [3.8, 4) is 0 Å². The molecule has 1 aromatic heterocycles. The van der Waals surface area contributed by atoms with Crippen molar-refractivity contribution >= 4 is 11.8 Å². The molecule has 1 N–H and O–H groups in total. The molecule has 2 heterocycles. The minimum absolute atomic E-state index is 0.624. The molecule has 2 rings (SSSR count). The summed E-state index contributed by atoms with van der Waals surface area (Å²) in [7, 11) is 1.87. The monoisotopic (exact) mass is 199 g/mol. The van der Waals surface area contributed by atoms with Gasteiger partial charge in [-0.2, -0.15) is 0 Å². The van der Waals surface area contributed by atoms with Crippen LogP contribution in [0, 0.1) is 0 Å². The molecule has 1 saturated heterocycles. The second-order valence-corrected chi connectivity index (χ2v) is 4.44. The summed E-state index contributed by atoms with van der Waals surface area (Å²) < 4.78 is 1.72. The predicted molar refractivity (Wildman–Crippen MR) is 50.5 cm³/mol. The van der Waals surface area contributed by atoms with Crippen molar-refractivity contribution in [2.45, 2.75) is 23.2 Å². The van der Waals surface area contributed by atoms with Gasteiger partial charge < -0.3 is 5.32 Å². The van der Waals surface area contributed by atoms with Gasteiger partial charge in [0.05, 0.1) is 0 Å². The Balaban J connectivity index is 1.93. The highest BCUT2D eigenvalue weighted by Crippen LogP contribution is 2.24. The number of tetrazole rings is 1. The Hall–Kier alpha value is -0.620. The first-order valence-corrected chi connectivity index (χ1v) is 5.34. The van der Waals surface area contributed by atoms with E-state index in [1.54, 1.807) is 16.4 Å². The number of nitrogens with one attached hydrogen (secondary N) is 1. The van der Waals surface area contributed by atoms with Gasteiger partial charge >= 0.3 is 0 Å². The highest BCUT2D eigenvalue weighted by atomic mass is 32.2. The number of rotatable bonds is 2. The average molecular weight is 199 g/mol. The number of hydrogen-bond acceptors (Lipinski definition) is 5. The van der Waals surface area contributed by atoms with E-state index in [0.29, 0.717) is 5.25 Å². The highest BCUT2D eigenvalue weighted by molar-refractivity contribution is 7.99. The fourth-order valence-electron chi connectivity index (χ4n) is 1.39. The van der Waals surface area contributed by atoms with Gasteiger partial charge in [-0.3, -0.25) is 0 Å². The first-order valence-electron chi connectivity index (χ1n) is 4.46. The zero-order chi connectivity index (χ0) is 9.10. The summed E-state index contributed by atoms with van der Waals surface area (Å²) in [5.41, 5.74) is 0. The predicted octanol–water partition coefficient (Wildman–Crippen LogP) is 0.0542. The molecule has 0 radical (unpaired) electrons. The first-order chi connectivity index (χ1) is 6.36. The first kappa shape index (κ1) is 8.96. The Bertz CT molecular complexity index is 268. The number of aryl methyl sites for hydroxylation is 1. The quantitative estimate of drug-likeness (QED) is 0.729. The molecule has 0 bridgehead atoms. The van der Waals surface area contributed by atoms with E-state index in [0.717, 1.165) is 18.2 Å². The zero-order valence-corrected chi connectivity index (χ0v) is 8.42. The lowest BCUT2D eigenvalue weighted by atomic mass is 10.2. The van der Waals surface area contributed by atoms with Crippen molar-refractivity contribution in [1.29, 1.82) is 0 Å². The maximum Gasteiger partial charge on any atom is 0.209 e. The van der Waals surface area contributed by atoms with Gasteiger partial charge in [0.25, 0.3) is 0 Å². The smallest absolute Gasteiger partial charge is 0.209 e. The number of hydrogen-bond donors (Lipinski definition) is 1. The van der Waals surface area contributed by atoms with Gasteiger partial charge in [-0.15, -0.1) is 5.10 Å². The molecule has 0 saturated carbocycles. The summed E-state index contributed by atoms with van der Waals surface area (Å²) in [6.07, 6.45) is 2.51. The summed E-state index contributed by atoms with van der Waals surface area (Å²) >= 11 is 1.76. The highest BCUT2D eigenvalue weighted by Gasteiger charge is 2.16. The van der Waals surface area contributed by atoms with Crippen LogP contribution in [0.25, 0.3) is 0 Å². The third-order valence-corrected chi connectivity index (χ3v) is 3.40. The van der Waals surface area contributed by atoms with Crippen LogP contribution in [0.5, 0.6) is 0 Å². The molecule has 5 nitrogen and oxygen atoms in total. The molecular weight excluding hydrogens is 186 g/mol. The van der Waals surface area contributed by atoms with Crippen molar-refractivity contribution in [1.82, 2.24) is 25.5 Å². The lowest BCUT2D eigenvalue weighted by molar-refractivity contribution is 0.529. The molecule has 6 heteroatoms. The SMILES string of the molecule is Cn1nnnc1SC1CCCNC1. The van der Waals surface area contributed by atoms with Gasteiger partial charge in [0.1, 0.15) is 0 Å². The largest absolute Gasteiger partial charge is 0.316 e. The number of nitrogens with zero attached hydrogens (tertiary/aromatic N) is 4. The third-order valence-electron chi connectivity index (χ3n) is 2.11. The van der Waals surface area contributed by atoms with Gasteiger partial charge in [0, 0.05) is 18.8 Å². The van der Waals surface area contributed by atoms with Gasteiger partial charge in [-0.05, 0) is 29.8 Å². The molecule has 72 valence electrons. The maximum atomic E-state index is 3.95. The lowest BCUT2D eigenvalue weighted by Gasteiger charge is -2.20. The number of aromatic nitrogens is 4. The Labute approximate surface area is 81.3 Å². The molecule has 1 aromatic rings. The molecule has 0 spiro atoms. The van der Waals surface area contributed by atoms with Crippen LogP contribution in [0.15, 0.2) is 5.16 Å². The van der Waals surface area contributed by atoms with E-state index >= 15 is 0 Å². The van der Waals surface area contributed by atoms with E-state index in [1.807, 2.05) is 7.05 Å². The topological polar surface area (TPSA) is 55.6 Å². The molecule has 1 unspecified atom stereocenters. The van der Waals surface area contributed by atoms with Gasteiger partial charge in [0.15, 0.2) is 0 Å². The normalized spacial score (nSPS) is 23.3. The second kappa shape index (κ2) is 4.06. The zero-order valence-electron chi connectivity index (χ0n) is 7.60. The van der Waals surface area contributed by atoms with Crippen LogP contribution in [0.2, 0.25) is 0 Å². The van der Waals surface area contributed by atoms with E-state index in [1.165, 1.54) is 12.8 Å². The molecule has 0 amide bonds. The third kappa shape index (κ3) is 2.19. The van der Waals surface area contributed by atoms with Crippen LogP contribution in [-0.4, -0.2) is 38.5 Å². The lowest BCUT2D eigenvalue weighted by Crippen LogP contribution is -2.31. The molecule has 1 fully saturated rings. The van der Waals surface area contributed by atoms with E-state index in [4.69, 9.17) is 0 Å². The minimum atomic E-state index is 0.624. The summed E-state index contributed by atoms with van der Waals surface area (Å²) in [6, 6.07) is 0. The Morgan fingerprint density at radius 3 is 3.15 bits per heavy atom. The van der Waals surface area contributed by atoms with Crippen molar-refractivity contribution in [3.05, 3.63) is 0 Å². The molecule has 1 atom stereocenters. The van der Waals surface area contributed by atoms with Crippen molar-refractivity contribution in [2.24, 2.45) is 7.05 Å². The van der Waals surface area contributed by atoms with Crippen LogP contribution >= 0.6 is 11.8 Å². The van der Waals surface area contributed by atoms with E-state index < -0.39 is 0 Å². The molecule has 0 aliphatic carbocycles. The molecule has 0 aromatic carbocycles. The van der Waals surface area contributed by atoms with Crippen molar-refractivity contribution < 1.29 is 0 Å². The van der Waals surface area contributed by atoms with Gasteiger partial charge in [-0.1, -0.05) is 11.8 Å². The fourth-order valence-corrected chi connectivity index (χ4v) is 2.45. The summed E-state index contributed by atoms with van der Waals surface area (Å²) in [6.45, 7) is 2.21. The Morgan fingerprint density at radius 2 is 2.54 bits per heavy atom. The molecule has 1 aliphatic heterocycles. The van der Waals surface area contributed by atoms with Crippen LogP contribution in [0.1, 0.15) is 12.8 Å². The number of thioether (sulfide) groups is 1. The van der Waals surface area contributed by atoms with E-state index in [2.05, 4.69) is 20.8 Å². The van der Waals surface area contributed by atoms with Crippen molar-refractivity contribution in [2.75, 3.05) is 13.1 Å².